The van der Waals surface area contributed by atoms with E-state index in [0.29, 0.717) is 6.42 Å². The van der Waals surface area contributed by atoms with Gasteiger partial charge in [0.2, 0.25) is 5.91 Å². The number of thioether (sulfide) groups is 1. The second kappa shape index (κ2) is 10.8. The first-order valence-electron chi connectivity index (χ1n) is 10.2. The number of hydrogen-bond donors (Lipinski definition) is 0. The number of carbonyl (C=O) groups excluding carboxylic acids is 1. The Bertz CT molecular complexity index is 955. The van der Waals surface area contributed by atoms with Gasteiger partial charge in [-0.3, -0.25) is 9.36 Å². The number of para-hydroxylation sites is 2. The lowest BCUT2D eigenvalue weighted by Gasteiger charge is -2.18. The minimum atomic E-state index is 0.208. The Labute approximate surface area is 182 Å². The summed E-state index contributed by atoms with van der Waals surface area (Å²) >= 11 is 1.62. The van der Waals surface area contributed by atoms with E-state index in [-0.39, 0.29) is 5.91 Å². The van der Waals surface area contributed by atoms with Gasteiger partial charge in [0.1, 0.15) is 5.75 Å². The third-order valence-electron chi connectivity index (χ3n) is 4.88. The van der Waals surface area contributed by atoms with Crippen LogP contribution >= 0.6 is 11.8 Å². The van der Waals surface area contributed by atoms with Crippen LogP contribution in [0.25, 0.3) is 17.1 Å². The van der Waals surface area contributed by atoms with Gasteiger partial charge in [0, 0.05) is 31.0 Å². The molecule has 6 nitrogen and oxygen atoms in total. The number of amides is 1. The molecular weight excluding hydrogens is 396 g/mol. The van der Waals surface area contributed by atoms with Gasteiger partial charge in [-0.2, -0.15) is 0 Å². The number of methoxy groups -OCH3 is 1. The number of nitrogens with zero attached hydrogens (tertiary/aromatic N) is 4. The van der Waals surface area contributed by atoms with Crippen LogP contribution in [0.5, 0.6) is 5.75 Å². The van der Waals surface area contributed by atoms with E-state index in [9.17, 15) is 4.79 Å². The van der Waals surface area contributed by atoms with Gasteiger partial charge in [-0.15, -0.1) is 10.2 Å². The predicted octanol–water partition coefficient (Wildman–Crippen LogP) is 4.68. The average molecular weight is 425 g/mol. The number of benzene rings is 2. The van der Waals surface area contributed by atoms with Crippen LogP contribution in [0.4, 0.5) is 0 Å². The molecule has 158 valence electrons. The molecule has 0 fully saturated rings. The molecule has 0 N–H and O–H groups in total. The van der Waals surface area contributed by atoms with Crippen molar-refractivity contribution >= 4 is 17.7 Å². The summed E-state index contributed by atoms with van der Waals surface area (Å²) in [5.74, 6) is 2.49. The molecule has 0 atom stereocenters. The highest BCUT2D eigenvalue weighted by Gasteiger charge is 2.19. The predicted molar refractivity (Wildman–Crippen MR) is 121 cm³/mol. The van der Waals surface area contributed by atoms with Crippen LogP contribution in [-0.4, -0.2) is 51.5 Å². The largest absolute Gasteiger partial charge is 0.496 e. The van der Waals surface area contributed by atoms with Crippen molar-refractivity contribution in [2.75, 3.05) is 26.0 Å². The molecule has 7 heteroatoms. The topological polar surface area (TPSA) is 60.3 Å². The quantitative estimate of drug-likeness (QED) is 0.349. The maximum atomic E-state index is 12.2. The van der Waals surface area contributed by atoms with Crippen molar-refractivity contribution in [3.63, 3.8) is 0 Å². The maximum absolute atomic E-state index is 12.2. The molecule has 0 spiro atoms. The summed E-state index contributed by atoms with van der Waals surface area (Å²) in [4.78, 5) is 14.1. The van der Waals surface area contributed by atoms with Crippen LogP contribution in [0.1, 0.15) is 26.7 Å². The minimum absolute atomic E-state index is 0.208. The van der Waals surface area contributed by atoms with E-state index in [0.717, 1.165) is 53.2 Å². The lowest BCUT2D eigenvalue weighted by Crippen LogP contribution is -2.30. The Hall–Kier alpha value is -2.80. The van der Waals surface area contributed by atoms with Crippen molar-refractivity contribution in [1.29, 1.82) is 0 Å². The van der Waals surface area contributed by atoms with E-state index < -0.39 is 0 Å². The molecule has 0 saturated carbocycles. The summed E-state index contributed by atoms with van der Waals surface area (Å²) in [5.41, 5.74) is 1.88. The van der Waals surface area contributed by atoms with Gasteiger partial charge in [-0.05, 0) is 44.5 Å². The highest BCUT2D eigenvalue weighted by Crippen LogP contribution is 2.33. The number of hydrogen-bond acceptors (Lipinski definition) is 5. The van der Waals surface area contributed by atoms with Crippen molar-refractivity contribution in [2.24, 2.45) is 0 Å². The molecule has 0 aliphatic heterocycles. The van der Waals surface area contributed by atoms with Gasteiger partial charge in [-0.1, -0.05) is 42.1 Å². The van der Waals surface area contributed by atoms with Crippen LogP contribution < -0.4 is 4.74 Å². The second-order valence-electron chi connectivity index (χ2n) is 6.70. The summed E-state index contributed by atoms with van der Waals surface area (Å²) < 4.78 is 7.59. The van der Waals surface area contributed by atoms with Crippen LogP contribution in [0.15, 0.2) is 59.8 Å². The molecule has 3 aromatic rings. The molecule has 0 unspecified atom stereocenters. The van der Waals surface area contributed by atoms with Gasteiger partial charge in [0.15, 0.2) is 11.0 Å². The lowest BCUT2D eigenvalue weighted by molar-refractivity contribution is -0.130. The third-order valence-corrected chi connectivity index (χ3v) is 5.89. The highest BCUT2D eigenvalue weighted by atomic mass is 32.2. The Balaban J connectivity index is 1.82. The normalized spacial score (nSPS) is 10.8. The third kappa shape index (κ3) is 5.02. The minimum Gasteiger partial charge on any atom is -0.496 e. The highest BCUT2D eigenvalue weighted by molar-refractivity contribution is 7.99. The van der Waals surface area contributed by atoms with Gasteiger partial charge in [-0.25, -0.2) is 0 Å². The van der Waals surface area contributed by atoms with Crippen molar-refractivity contribution in [1.82, 2.24) is 19.7 Å². The number of aromatic nitrogens is 3. The summed E-state index contributed by atoms with van der Waals surface area (Å²) in [7, 11) is 1.66. The van der Waals surface area contributed by atoms with E-state index in [1.807, 2.05) is 73.3 Å². The molecule has 3 rings (SSSR count). The molecule has 0 bridgehead atoms. The van der Waals surface area contributed by atoms with Crippen molar-refractivity contribution < 1.29 is 9.53 Å². The summed E-state index contributed by atoms with van der Waals surface area (Å²) in [6.07, 6.45) is 1.35. The molecule has 30 heavy (non-hydrogen) atoms. The molecule has 0 aliphatic carbocycles. The second-order valence-corrected chi connectivity index (χ2v) is 7.76. The molecule has 0 saturated heterocycles. The monoisotopic (exact) mass is 424 g/mol. The first kappa shape index (κ1) is 21.9. The van der Waals surface area contributed by atoms with Crippen molar-refractivity contribution in [2.45, 2.75) is 31.8 Å². The van der Waals surface area contributed by atoms with Gasteiger partial charge in [0.05, 0.1) is 12.7 Å². The fourth-order valence-corrected chi connectivity index (χ4v) is 4.19. The zero-order chi connectivity index (χ0) is 21.3. The Morgan fingerprint density at radius 3 is 2.43 bits per heavy atom. The molecule has 0 aliphatic rings. The Morgan fingerprint density at radius 1 is 1.03 bits per heavy atom. The summed E-state index contributed by atoms with van der Waals surface area (Å²) in [6, 6.07) is 17.9. The lowest BCUT2D eigenvalue weighted by atomic mass is 10.2. The molecule has 1 heterocycles. The van der Waals surface area contributed by atoms with Crippen LogP contribution in [0.3, 0.4) is 0 Å². The van der Waals surface area contributed by atoms with E-state index in [2.05, 4.69) is 14.8 Å². The molecule has 1 amide bonds. The molecule has 1 aromatic heterocycles. The smallest absolute Gasteiger partial charge is 0.222 e. The standard InChI is InChI=1S/C23H28N4O2S/c1-4-26(5-2)21(28)16-11-17-30-23-25-24-22(19-14-9-10-15-20(19)29-3)27(23)18-12-7-6-8-13-18/h6-10,12-15H,4-5,11,16-17H2,1-3H3. The van der Waals surface area contributed by atoms with Crippen LogP contribution in [-0.2, 0) is 4.79 Å². The molecular formula is C23H28N4O2S. The molecule has 0 radical (unpaired) electrons. The Kier molecular flexibility index (Phi) is 7.90. The zero-order valence-corrected chi connectivity index (χ0v) is 18.6. The van der Waals surface area contributed by atoms with E-state index in [4.69, 9.17) is 4.74 Å². The average Bonchev–Trinajstić information content (AvgIpc) is 3.21. The van der Waals surface area contributed by atoms with Crippen LogP contribution in [0.2, 0.25) is 0 Å². The van der Waals surface area contributed by atoms with Gasteiger partial charge in [0.25, 0.3) is 0 Å². The van der Waals surface area contributed by atoms with Gasteiger partial charge >= 0.3 is 0 Å². The Morgan fingerprint density at radius 2 is 1.73 bits per heavy atom. The zero-order valence-electron chi connectivity index (χ0n) is 17.7. The fraction of sp³-hybridized carbons (Fsp3) is 0.348. The van der Waals surface area contributed by atoms with E-state index in [1.54, 1.807) is 18.9 Å². The first-order valence-corrected chi connectivity index (χ1v) is 11.2. The van der Waals surface area contributed by atoms with E-state index >= 15 is 0 Å². The molecule has 2 aromatic carbocycles. The van der Waals surface area contributed by atoms with Crippen molar-refractivity contribution in [3.8, 4) is 22.8 Å². The summed E-state index contributed by atoms with van der Waals surface area (Å²) in [6.45, 7) is 5.54. The number of carbonyl (C=O) groups is 1. The number of rotatable bonds is 10. The van der Waals surface area contributed by atoms with Crippen molar-refractivity contribution in [3.05, 3.63) is 54.6 Å². The first-order chi connectivity index (χ1) is 14.7. The van der Waals surface area contributed by atoms with Gasteiger partial charge < -0.3 is 9.64 Å². The maximum Gasteiger partial charge on any atom is 0.222 e. The fourth-order valence-electron chi connectivity index (χ4n) is 3.30. The number of ether oxygens (including phenoxy) is 1. The summed E-state index contributed by atoms with van der Waals surface area (Å²) in [5, 5.41) is 9.73. The van der Waals surface area contributed by atoms with E-state index in [1.165, 1.54) is 0 Å². The SMILES string of the molecule is CCN(CC)C(=O)CCCSc1nnc(-c2ccccc2OC)n1-c1ccccc1. The van der Waals surface area contributed by atoms with Crippen LogP contribution in [0, 0.1) is 0 Å².